The van der Waals surface area contributed by atoms with Crippen LogP contribution in [-0.4, -0.2) is 6.61 Å². The lowest BCUT2D eigenvalue weighted by molar-refractivity contribution is 0.197. The van der Waals surface area contributed by atoms with Crippen LogP contribution in [0.1, 0.15) is 5.56 Å². The predicted octanol–water partition coefficient (Wildman–Crippen LogP) is 2.42. The van der Waals surface area contributed by atoms with E-state index in [2.05, 4.69) is 15.9 Å². The molecule has 0 aliphatic carbocycles. The first-order valence-electron chi connectivity index (χ1n) is 3.15. The van der Waals surface area contributed by atoms with E-state index in [1.807, 2.05) is 24.3 Å². The Balaban J connectivity index is 2.75. The summed E-state index contributed by atoms with van der Waals surface area (Å²) in [5.74, 6) is 0. The van der Waals surface area contributed by atoms with Crippen LogP contribution in [0.15, 0.2) is 28.7 Å². The van der Waals surface area contributed by atoms with E-state index in [4.69, 9.17) is 0 Å². The second-order valence-electron chi connectivity index (χ2n) is 2.08. The zero-order chi connectivity index (χ0) is 7.40. The molecule has 0 aliphatic rings. The number of rotatable bonds is 2. The van der Waals surface area contributed by atoms with Gasteiger partial charge in [0.2, 0.25) is 0 Å². The number of benzene rings is 1. The Morgan fingerprint density at radius 1 is 1.40 bits per heavy atom. The van der Waals surface area contributed by atoms with Crippen LogP contribution < -0.4 is 0 Å². The van der Waals surface area contributed by atoms with Crippen molar-refractivity contribution in [3.05, 3.63) is 34.3 Å². The molecule has 0 aromatic heterocycles. The molecule has 53 valence electrons. The summed E-state index contributed by atoms with van der Waals surface area (Å²) in [6, 6.07) is 7.82. The Labute approximate surface area is 68.8 Å². The van der Waals surface area contributed by atoms with E-state index in [1.54, 1.807) is 0 Å². The Kier molecular flexibility index (Phi) is 2.90. The van der Waals surface area contributed by atoms with Crippen molar-refractivity contribution in [2.24, 2.45) is 0 Å². The van der Waals surface area contributed by atoms with Crippen LogP contribution in [0, 0.1) is 0 Å². The van der Waals surface area contributed by atoms with E-state index in [0.29, 0.717) is 6.42 Å². The van der Waals surface area contributed by atoms with E-state index in [-0.39, 0.29) is 6.61 Å². The summed E-state index contributed by atoms with van der Waals surface area (Å²) in [5, 5.41) is 10.2. The van der Waals surface area contributed by atoms with Crippen molar-refractivity contribution in [2.45, 2.75) is 6.42 Å². The highest BCUT2D eigenvalue weighted by Crippen LogP contribution is 2.11. The highest BCUT2D eigenvalue weighted by molar-refractivity contribution is 9.10. The van der Waals surface area contributed by atoms with Crippen molar-refractivity contribution in [1.29, 1.82) is 0 Å². The fourth-order valence-electron chi connectivity index (χ4n) is 0.810. The monoisotopic (exact) mass is 199 g/mol. The fourth-order valence-corrected chi connectivity index (χ4v) is 1.26. The summed E-state index contributed by atoms with van der Waals surface area (Å²) in [7, 11) is 0. The van der Waals surface area contributed by atoms with Gasteiger partial charge >= 0.3 is 0 Å². The minimum absolute atomic E-state index is 0.0313. The zero-order valence-corrected chi connectivity index (χ0v) is 7.10. The molecule has 0 aliphatic heterocycles. The maximum atomic E-state index is 10.2. The number of halogens is 1. The quantitative estimate of drug-likeness (QED) is 0.698. The van der Waals surface area contributed by atoms with Crippen LogP contribution in [0.2, 0.25) is 0 Å². The van der Waals surface area contributed by atoms with Crippen molar-refractivity contribution < 1.29 is 5.11 Å². The minimum Gasteiger partial charge on any atom is -0.236 e. The van der Waals surface area contributed by atoms with E-state index in [9.17, 15) is 5.11 Å². The van der Waals surface area contributed by atoms with Gasteiger partial charge in [-0.2, -0.15) is 0 Å². The predicted molar refractivity (Wildman–Crippen MR) is 43.4 cm³/mol. The molecule has 0 saturated heterocycles. The van der Waals surface area contributed by atoms with Crippen molar-refractivity contribution in [2.75, 3.05) is 6.61 Å². The molecule has 0 spiro atoms. The van der Waals surface area contributed by atoms with E-state index in [0.717, 1.165) is 10.0 Å². The molecule has 0 amide bonds. The standard InChI is InChI=1S/C8H8BrO/c9-8-3-1-2-7(6-8)4-5-10/h1-3,6H,4-5H2. The van der Waals surface area contributed by atoms with Gasteiger partial charge in [-0.25, -0.2) is 5.11 Å². The average molecular weight is 200 g/mol. The molecule has 0 bridgehead atoms. The van der Waals surface area contributed by atoms with Gasteiger partial charge in [0.25, 0.3) is 0 Å². The third kappa shape index (κ3) is 2.12. The number of hydrogen-bond donors (Lipinski definition) is 0. The van der Waals surface area contributed by atoms with Gasteiger partial charge in [0, 0.05) is 4.47 Å². The van der Waals surface area contributed by atoms with Crippen molar-refractivity contribution in [3.63, 3.8) is 0 Å². The molecule has 2 heteroatoms. The molecule has 1 radical (unpaired) electrons. The highest BCUT2D eigenvalue weighted by atomic mass is 79.9. The molecule has 1 rings (SSSR count). The molecule has 10 heavy (non-hydrogen) atoms. The SMILES string of the molecule is [O]CCc1cccc(Br)c1. The second-order valence-corrected chi connectivity index (χ2v) is 3.00. The summed E-state index contributed by atoms with van der Waals surface area (Å²) in [4.78, 5) is 0. The Bertz CT molecular complexity index is 210. The minimum atomic E-state index is -0.0313. The molecular formula is C8H8BrO. The lowest BCUT2D eigenvalue weighted by Crippen LogP contribution is -1.87. The second kappa shape index (κ2) is 3.74. The Morgan fingerprint density at radius 2 is 2.20 bits per heavy atom. The summed E-state index contributed by atoms with van der Waals surface area (Å²) in [6.07, 6.45) is 0.624. The van der Waals surface area contributed by atoms with Crippen LogP contribution in [0.4, 0.5) is 0 Å². The Morgan fingerprint density at radius 3 is 2.80 bits per heavy atom. The van der Waals surface area contributed by atoms with Crippen molar-refractivity contribution in [3.8, 4) is 0 Å². The first-order chi connectivity index (χ1) is 4.83. The van der Waals surface area contributed by atoms with E-state index >= 15 is 0 Å². The van der Waals surface area contributed by atoms with Gasteiger partial charge in [0.05, 0.1) is 6.61 Å². The maximum absolute atomic E-state index is 10.2. The first-order valence-corrected chi connectivity index (χ1v) is 3.95. The molecule has 0 N–H and O–H groups in total. The van der Waals surface area contributed by atoms with E-state index in [1.165, 1.54) is 0 Å². The van der Waals surface area contributed by atoms with Crippen molar-refractivity contribution in [1.82, 2.24) is 0 Å². The van der Waals surface area contributed by atoms with Crippen LogP contribution in [-0.2, 0) is 11.5 Å². The van der Waals surface area contributed by atoms with Crippen LogP contribution in [0.5, 0.6) is 0 Å². The van der Waals surface area contributed by atoms with Gasteiger partial charge in [-0.05, 0) is 24.1 Å². The zero-order valence-electron chi connectivity index (χ0n) is 5.51. The van der Waals surface area contributed by atoms with Crippen LogP contribution in [0.25, 0.3) is 0 Å². The van der Waals surface area contributed by atoms with Crippen molar-refractivity contribution >= 4 is 15.9 Å². The molecule has 0 atom stereocenters. The Hall–Kier alpha value is -0.340. The van der Waals surface area contributed by atoms with Gasteiger partial charge in [0.1, 0.15) is 0 Å². The van der Waals surface area contributed by atoms with Gasteiger partial charge < -0.3 is 0 Å². The largest absolute Gasteiger partial charge is 0.236 e. The maximum Gasteiger partial charge on any atom is 0.0862 e. The first kappa shape index (κ1) is 7.76. The third-order valence-electron chi connectivity index (χ3n) is 1.28. The molecule has 0 fully saturated rings. The van der Waals surface area contributed by atoms with Gasteiger partial charge in [-0.3, -0.25) is 0 Å². The molecule has 1 aromatic carbocycles. The molecule has 1 nitrogen and oxygen atoms in total. The summed E-state index contributed by atoms with van der Waals surface area (Å²) in [6.45, 7) is -0.0313. The lowest BCUT2D eigenvalue weighted by atomic mass is 10.2. The lowest BCUT2D eigenvalue weighted by Gasteiger charge is -1.95. The molecule has 1 aromatic rings. The van der Waals surface area contributed by atoms with Gasteiger partial charge in [-0.15, -0.1) is 0 Å². The fraction of sp³-hybridized carbons (Fsp3) is 0.250. The van der Waals surface area contributed by atoms with Gasteiger partial charge in [-0.1, -0.05) is 28.1 Å². The topological polar surface area (TPSA) is 19.9 Å². The number of hydrogen-bond acceptors (Lipinski definition) is 0. The molecule has 0 saturated carbocycles. The smallest absolute Gasteiger partial charge is 0.0862 e. The van der Waals surface area contributed by atoms with E-state index < -0.39 is 0 Å². The van der Waals surface area contributed by atoms with Crippen LogP contribution >= 0.6 is 15.9 Å². The van der Waals surface area contributed by atoms with Gasteiger partial charge in [0.15, 0.2) is 0 Å². The average Bonchev–Trinajstić information content (AvgIpc) is 1.88. The molecular weight excluding hydrogens is 192 g/mol. The molecule has 0 unspecified atom stereocenters. The summed E-state index contributed by atoms with van der Waals surface area (Å²) < 4.78 is 1.04. The summed E-state index contributed by atoms with van der Waals surface area (Å²) in [5.41, 5.74) is 1.10. The molecule has 0 heterocycles. The van der Waals surface area contributed by atoms with Crippen LogP contribution in [0.3, 0.4) is 0 Å². The normalized spacial score (nSPS) is 9.80. The highest BCUT2D eigenvalue weighted by Gasteiger charge is 1.91. The third-order valence-corrected chi connectivity index (χ3v) is 1.77. The summed E-state index contributed by atoms with van der Waals surface area (Å²) >= 11 is 3.33.